The second-order valence-corrected chi connectivity index (χ2v) is 20.0. The minimum absolute atomic E-state index is 0.225. The molecule has 0 spiro atoms. The molecule has 1 N–H and O–H groups in total. The topological polar surface area (TPSA) is 49.7 Å². The van der Waals surface area contributed by atoms with Gasteiger partial charge in [0.2, 0.25) is 0 Å². The van der Waals surface area contributed by atoms with Crippen LogP contribution in [0.3, 0.4) is 0 Å². The zero-order chi connectivity index (χ0) is 45.6. The predicted molar refractivity (Wildman–Crippen MR) is 277 cm³/mol. The largest absolute Gasteiger partial charge is 0.354 e. The van der Waals surface area contributed by atoms with Crippen molar-refractivity contribution in [3.05, 3.63) is 203 Å². The fourth-order valence-corrected chi connectivity index (χ4v) is 10.9. The summed E-state index contributed by atoms with van der Waals surface area (Å²) in [6, 6.07) is 57.9. The Labute approximate surface area is 388 Å². The third kappa shape index (κ3) is 6.42. The Hall–Kier alpha value is -7.24. The van der Waals surface area contributed by atoms with Crippen LogP contribution in [0.5, 0.6) is 0 Å². The maximum absolute atomic E-state index is 5.78. The summed E-state index contributed by atoms with van der Waals surface area (Å²) in [6.45, 7) is 20.8. The van der Waals surface area contributed by atoms with Gasteiger partial charge in [0.1, 0.15) is 11.6 Å². The number of imidazole rings is 1. The van der Waals surface area contributed by atoms with Crippen molar-refractivity contribution >= 4 is 50.0 Å². The van der Waals surface area contributed by atoms with E-state index in [1.807, 2.05) is 6.20 Å². The summed E-state index contributed by atoms with van der Waals surface area (Å²) in [4.78, 5) is 17.1. The van der Waals surface area contributed by atoms with Crippen LogP contribution in [0.25, 0.3) is 61.0 Å². The molecule has 0 unspecified atom stereocenters. The third-order valence-electron chi connectivity index (χ3n) is 14.5. The van der Waals surface area contributed by atoms with E-state index < -0.39 is 0 Å². The van der Waals surface area contributed by atoms with Gasteiger partial charge < -0.3 is 4.98 Å². The molecule has 4 heterocycles. The van der Waals surface area contributed by atoms with E-state index in [0.29, 0.717) is 11.8 Å². The van der Waals surface area contributed by atoms with Crippen LogP contribution in [0.15, 0.2) is 164 Å². The summed E-state index contributed by atoms with van der Waals surface area (Å²) in [7, 11) is 0. The standard InChI is InChI=1S/C61H57N5/c1-37(2)45-35-47-51(36-46(45)38(3)4)63-58-44(28-30-50(56(47)58)60(6,7)41-19-12-10-13-20-41)59-64-57-43(23-18-26-53(57)65(59)42-21-14-11-15-22-42)40-27-29-49-54(34-40)66(55-33-39(5)31-32-62-55)52-25-17-16-24-48(52)61(49,8)9/h10-38,63H,1-9H3. The molecule has 0 aliphatic carbocycles. The lowest BCUT2D eigenvalue weighted by molar-refractivity contribution is 0.631. The number of anilines is 3. The number of nitrogens with one attached hydrogen (secondary N) is 1. The van der Waals surface area contributed by atoms with Crippen molar-refractivity contribution in [3.63, 3.8) is 0 Å². The number of hydrogen-bond acceptors (Lipinski definition) is 3. The number of para-hydroxylation sites is 3. The highest BCUT2D eigenvalue weighted by atomic mass is 15.2. The van der Waals surface area contributed by atoms with Crippen molar-refractivity contribution in [1.29, 1.82) is 0 Å². The van der Waals surface area contributed by atoms with Crippen LogP contribution in [0, 0.1) is 6.92 Å². The van der Waals surface area contributed by atoms with Crippen molar-refractivity contribution in [2.24, 2.45) is 0 Å². The smallest absolute Gasteiger partial charge is 0.147 e. The Balaban J connectivity index is 1.18. The SMILES string of the molecule is Cc1ccnc(N2c3ccccc3C(C)(C)c3ccc(-c4cccc5c4nc(-c4ccc(C(C)(C)c6ccccc6)c6c4[nH]c4cc(C(C)C)c(C(C)C)cc46)n5-c4ccccc4)cc32)c1. The molecule has 0 saturated heterocycles. The third-order valence-corrected chi connectivity index (χ3v) is 14.5. The molecule has 1 aliphatic rings. The second-order valence-electron chi connectivity index (χ2n) is 20.0. The average molecular weight is 860 g/mol. The van der Waals surface area contributed by atoms with Crippen molar-refractivity contribution < 1.29 is 0 Å². The van der Waals surface area contributed by atoms with Crippen molar-refractivity contribution in [2.75, 3.05) is 4.90 Å². The van der Waals surface area contributed by atoms with E-state index in [1.165, 1.54) is 49.7 Å². The monoisotopic (exact) mass is 859 g/mol. The molecule has 5 nitrogen and oxygen atoms in total. The molecular formula is C61H57N5. The first-order valence-electron chi connectivity index (χ1n) is 23.6. The Morgan fingerprint density at radius 2 is 1.33 bits per heavy atom. The first-order chi connectivity index (χ1) is 31.8. The predicted octanol–water partition coefficient (Wildman–Crippen LogP) is 16.4. The molecule has 0 radical (unpaired) electrons. The Morgan fingerprint density at radius 3 is 2.08 bits per heavy atom. The maximum atomic E-state index is 5.78. The molecule has 0 amide bonds. The number of aromatic nitrogens is 4. The van der Waals surface area contributed by atoms with Gasteiger partial charge in [0.25, 0.3) is 0 Å². The normalized spacial score (nSPS) is 13.6. The molecule has 10 aromatic rings. The van der Waals surface area contributed by atoms with E-state index >= 15 is 0 Å². The van der Waals surface area contributed by atoms with Gasteiger partial charge in [0, 0.05) is 50.1 Å². The number of fused-ring (bicyclic) bond motifs is 6. The zero-order valence-corrected chi connectivity index (χ0v) is 39.5. The summed E-state index contributed by atoms with van der Waals surface area (Å²) >= 11 is 0. The summed E-state index contributed by atoms with van der Waals surface area (Å²) < 4.78 is 2.36. The molecule has 0 fully saturated rings. The van der Waals surface area contributed by atoms with Gasteiger partial charge in [-0.15, -0.1) is 0 Å². The van der Waals surface area contributed by atoms with Crippen LogP contribution in [0.1, 0.15) is 106 Å². The molecule has 7 aromatic carbocycles. The summed E-state index contributed by atoms with van der Waals surface area (Å²) in [5, 5.41) is 2.51. The molecule has 0 saturated carbocycles. The highest BCUT2D eigenvalue weighted by Crippen LogP contribution is 2.53. The van der Waals surface area contributed by atoms with Crippen molar-refractivity contribution in [1.82, 2.24) is 19.5 Å². The zero-order valence-electron chi connectivity index (χ0n) is 39.5. The number of hydrogen-bond donors (Lipinski definition) is 1. The number of benzene rings is 7. The average Bonchev–Trinajstić information content (AvgIpc) is 3.90. The van der Waals surface area contributed by atoms with Crippen LogP contribution >= 0.6 is 0 Å². The molecule has 66 heavy (non-hydrogen) atoms. The molecular weight excluding hydrogens is 803 g/mol. The van der Waals surface area contributed by atoms with E-state index in [0.717, 1.165) is 67.5 Å². The lowest BCUT2D eigenvalue weighted by Crippen LogP contribution is -2.31. The van der Waals surface area contributed by atoms with Crippen molar-refractivity contribution in [3.8, 4) is 28.2 Å². The van der Waals surface area contributed by atoms with Gasteiger partial charge in [-0.05, 0) is 124 Å². The van der Waals surface area contributed by atoms with Gasteiger partial charge >= 0.3 is 0 Å². The summed E-state index contributed by atoms with van der Waals surface area (Å²) in [5.74, 6) is 2.59. The quantitative estimate of drug-likeness (QED) is 0.166. The summed E-state index contributed by atoms with van der Waals surface area (Å²) in [6.07, 6.45) is 1.92. The van der Waals surface area contributed by atoms with E-state index in [4.69, 9.17) is 9.97 Å². The Kier molecular flexibility index (Phi) is 9.70. The van der Waals surface area contributed by atoms with Gasteiger partial charge in [-0.2, -0.15) is 0 Å². The van der Waals surface area contributed by atoms with E-state index in [-0.39, 0.29) is 10.8 Å². The van der Waals surface area contributed by atoms with E-state index in [2.05, 4.69) is 234 Å². The molecule has 0 atom stereocenters. The van der Waals surface area contributed by atoms with Crippen LogP contribution in [-0.2, 0) is 10.8 Å². The minimum atomic E-state index is -0.280. The highest BCUT2D eigenvalue weighted by molar-refractivity contribution is 6.14. The minimum Gasteiger partial charge on any atom is -0.354 e. The highest BCUT2D eigenvalue weighted by Gasteiger charge is 2.38. The molecule has 11 rings (SSSR count). The second kappa shape index (κ2) is 15.4. The molecule has 3 aromatic heterocycles. The van der Waals surface area contributed by atoms with Crippen LogP contribution in [-0.4, -0.2) is 19.5 Å². The van der Waals surface area contributed by atoms with Gasteiger partial charge in [-0.1, -0.05) is 152 Å². The summed E-state index contributed by atoms with van der Waals surface area (Å²) in [5.41, 5.74) is 19.5. The van der Waals surface area contributed by atoms with E-state index in [1.54, 1.807) is 0 Å². The lowest BCUT2D eigenvalue weighted by atomic mass is 9.73. The first-order valence-corrected chi connectivity index (χ1v) is 23.6. The van der Waals surface area contributed by atoms with Gasteiger partial charge in [-0.25, -0.2) is 9.97 Å². The number of pyridine rings is 1. The fraction of sp³-hybridized carbons (Fsp3) is 0.213. The lowest BCUT2D eigenvalue weighted by Gasteiger charge is -2.41. The fourth-order valence-electron chi connectivity index (χ4n) is 10.9. The van der Waals surface area contributed by atoms with Gasteiger partial charge in [0.15, 0.2) is 0 Å². The number of H-pyrrole nitrogens is 1. The number of aryl methyl sites for hydroxylation is 1. The Morgan fingerprint density at radius 1 is 0.636 bits per heavy atom. The number of nitrogens with zero attached hydrogens (tertiary/aromatic N) is 4. The molecule has 326 valence electrons. The van der Waals surface area contributed by atoms with Crippen molar-refractivity contribution in [2.45, 2.75) is 85.0 Å². The Bertz CT molecular complexity index is 3490. The van der Waals surface area contributed by atoms with E-state index in [9.17, 15) is 0 Å². The molecule has 1 aliphatic heterocycles. The maximum Gasteiger partial charge on any atom is 0.147 e. The molecule has 5 heteroatoms. The van der Waals surface area contributed by atoms with Gasteiger partial charge in [-0.3, -0.25) is 9.47 Å². The van der Waals surface area contributed by atoms with Crippen LogP contribution in [0.4, 0.5) is 17.2 Å². The number of rotatable bonds is 8. The van der Waals surface area contributed by atoms with Gasteiger partial charge in [0.05, 0.1) is 27.9 Å². The van der Waals surface area contributed by atoms with Crippen LogP contribution < -0.4 is 4.90 Å². The van der Waals surface area contributed by atoms with Crippen LogP contribution in [0.2, 0.25) is 0 Å². The number of aromatic amines is 1. The molecule has 0 bridgehead atoms. The first kappa shape index (κ1) is 41.5.